The Morgan fingerprint density at radius 3 is 2.42 bits per heavy atom. The van der Waals surface area contributed by atoms with Crippen molar-refractivity contribution in [1.82, 2.24) is 9.78 Å². The molecule has 0 amide bonds. The molecule has 0 radical (unpaired) electrons. The zero-order valence-electron chi connectivity index (χ0n) is 9.78. The third kappa shape index (κ3) is 3.73. The quantitative estimate of drug-likeness (QED) is 0.927. The minimum atomic E-state index is -4.21. The Morgan fingerprint density at radius 1 is 1.21 bits per heavy atom. The lowest BCUT2D eigenvalue weighted by atomic mass is 10.2. The number of aryl methyl sites for hydroxylation is 1. The zero-order valence-corrected chi connectivity index (χ0v) is 11.4. The minimum absolute atomic E-state index is 0.224. The van der Waals surface area contributed by atoms with Gasteiger partial charge in [-0.3, -0.25) is 0 Å². The van der Waals surface area contributed by atoms with Crippen LogP contribution in [0.5, 0.6) is 0 Å². The van der Waals surface area contributed by atoms with Crippen LogP contribution in [0.15, 0.2) is 34.8 Å². The van der Waals surface area contributed by atoms with Crippen LogP contribution in [0.4, 0.5) is 19.0 Å². The molecular formula is C12H11BrF3N3. The molecule has 0 aliphatic carbocycles. The van der Waals surface area contributed by atoms with Gasteiger partial charge in [0, 0.05) is 16.1 Å². The molecular weight excluding hydrogens is 323 g/mol. The molecule has 1 aromatic heterocycles. The minimum Gasteiger partial charge on any atom is -0.384 e. The number of hydrogen-bond donors (Lipinski definition) is 1. The Labute approximate surface area is 116 Å². The van der Waals surface area contributed by atoms with E-state index in [1.54, 1.807) is 6.07 Å². The summed E-state index contributed by atoms with van der Waals surface area (Å²) >= 11 is 3.31. The van der Waals surface area contributed by atoms with Gasteiger partial charge in [0.25, 0.3) is 0 Å². The van der Waals surface area contributed by atoms with Crippen LogP contribution >= 0.6 is 15.9 Å². The number of benzene rings is 1. The molecule has 0 saturated carbocycles. The summed E-state index contributed by atoms with van der Waals surface area (Å²) in [6.07, 6.45) is -5.16. The highest BCUT2D eigenvalue weighted by Gasteiger charge is 2.27. The highest BCUT2D eigenvalue weighted by Crippen LogP contribution is 2.25. The van der Waals surface area contributed by atoms with E-state index in [2.05, 4.69) is 21.0 Å². The molecule has 2 aromatic rings. The van der Waals surface area contributed by atoms with E-state index >= 15 is 0 Å². The molecule has 0 unspecified atom stereocenters. The van der Waals surface area contributed by atoms with Gasteiger partial charge < -0.3 is 5.73 Å². The third-order valence-corrected chi connectivity index (χ3v) is 3.09. The van der Waals surface area contributed by atoms with Crippen molar-refractivity contribution in [1.29, 1.82) is 0 Å². The maximum atomic E-state index is 12.2. The van der Waals surface area contributed by atoms with Crippen LogP contribution < -0.4 is 5.73 Å². The fraction of sp³-hybridized carbons (Fsp3) is 0.250. The van der Waals surface area contributed by atoms with Crippen molar-refractivity contribution in [2.45, 2.75) is 19.1 Å². The van der Waals surface area contributed by atoms with Crippen LogP contribution in [0.25, 0.3) is 11.3 Å². The molecule has 0 aliphatic rings. The maximum absolute atomic E-state index is 12.2. The van der Waals surface area contributed by atoms with Gasteiger partial charge in [0.1, 0.15) is 5.82 Å². The summed E-state index contributed by atoms with van der Waals surface area (Å²) in [7, 11) is 0. The van der Waals surface area contributed by atoms with Crippen molar-refractivity contribution < 1.29 is 13.2 Å². The first-order valence-electron chi connectivity index (χ1n) is 5.51. The van der Waals surface area contributed by atoms with E-state index < -0.39 is 12.6 Å². The number of nitrogens with zero attached hydrogens (tertiary/aromatic N) is 2. The summed E-state index contributed by atoms with van der Waals surface area (Å²) in [5.41, 5.74) is 7.03. The van der Waals surface area contributed by atoms with Gasteiger partial charge in [0.2, 0.25) is 0 Å². The van der Waals surface area contributed by atoms with Gasteiger partial charge >= 0.3 is 6.18 Å². The van der Waals surface area contributed by atoms with E-state index in [4.69, 9.17) is 5.73 Å². The second-order valence-corrected chi connectivity index (χ2v) is 4.97. The summed E-state index contributed by atoms with van der Waals surface area (Å²) in [5.74, 6) is 0.224. The fourth-order valence-electron chi connectivity index (χ4n) is 1.60. The average Bonchev–Trinajstić information content (AvgIpc) is 2.68. The molecule has 1 aromatic carbocycles. The molecule has 0 fully saturated rings. The Balaban J connectivity index is 2.19. The monoisotopic (exact) mass is 333 g/mol. The normalized spacial score (nSPS) is 11.8. The van der Waals surface area contributed by atoms with Crippen molar-refractivity contribution in [2.75, 3.05) is 5.73 Å². The topological polar surface area (TPSA) is 43.8 Å². The van der Waals surface area contributed by atoms with Gasteiger partial charge in [0.15, 0.2) is 0 Å². The van der Waals surface area contributed by atoms with Gasteiger partial charge in [-0.2, -0.15) is 18.3 Å². The van der Waals surface area contributed by atoms with E-state index in [9.17, 15) is 13.2 Å². The van der Waals surface area contributed by atoms with Crippen molar-refractivity contribution in [3.05, 3.63) is 34.8 Å². The Hall–Kier alpha value is -1.50. The predicted molar refractivity (Wildman–Crippen MR) is 70.4 cm³/mol. The molecule has 0 bridgehead atoms. The second kappa shape index (κ2) is 5.24. The van der Waals surface area contributed by atoms with Gasteiger partial charge in [-0.1, -0.05) is 28.1 Å². The Kier molecular flexibility index (Phi) is 3.84. The lowest BCUT2D eigenvalue weighted by Gasteiger charge is -2.07. The smallest absolute Gasteiger partial charge is 0.384 e. The van der Waals surface area contributed by atoms with Crippen LogP contribution in [-0.2, 0) is 6.54 Å². The Morgan fingerprint density at radius 2 is 1.84 bits per heavy atom. The predicted octanol–water partition coefficient (Wildman–Crippen LogP) is 3.85. The molecule has 0 saturated heterocycles. The summed E-state index contributed by atoms with van der Waals surface area (Å²) in [5, 5.41) is 4.09. The van der Waals surface area contributed by atoms with Gasteiger partial charge in [0.05, 0.1) is 18.7 Å². The zero-order chi connectivity index (χ0) is 14.0. The lowest BCUT2D eigenvalue weighted by Crippen LogP contribution is -2.14. The van der Waals surface area contributed by atoms with E-state index in [1.165, 1.54) is 4.68 Å². The first-order chi connectivity index (χ1) is 8.85. The SMILES string of the molecule is Nc1cc(-c2ccc(Br)cc2)nn1CCC(F)(F)F. The number of halogens is 4. The lowest BCUT2D eigenvalue weighted by molar-refractivity contribution is -0.137. The number of alkyl halides is 3. The van der Waals surface area contributed by atoms with Crippen LogP contribution in [0.1, 0.15) is 6.42 Å². The molecule has 102 valence electrons. The summed E-state index contributed by atoms with van der Waals surface area (Å²) in [4.78, 5) is 0. The van der Waals surface area contributed by atoms with E-state index in [0.717, 1.165) is 10.0 Å². The molecule has 3 nitrogen and oxygen atoms in total. The third-order valence-electron chi connectivity index (χ3n) is 2.56. The van der Waals surface area contributed by atoms with Crippen LogP contribution in [0.2, 0.25) is 0 Å². The largest absolute Gasteiger partial charge is 0.390 e. The highest BCUT2D eigenvalue weighted by atomic mass is 79.9. The average molecular weight is 334 g/mol. The van der Waals surface area contributed by atoms with Gasteiger partial charge in [-0.25, -0.2) is 4.68 Å². The molecule has 0 spiro atoms. The van der Waals surface area contributed by atoms with Crippen molar-refractivity contribution in [3.63, 3.8) is 0 Å². The molecule has 19 heavy (non-hydrogen) atoms. The van der Waals surface area contributed by atoms with Crippen LogP contribution in [0.3, 0.4) is 0 Å². The molecule has 2 rings (SSSR count). The molecule has 1 heterocycles. The first kappa shape index (κ1) is 13.9. The van der Waals surface area contributed by atoms with Gasteiger partial charge in [-0.15, -0.1) is 0 Å². The van der Waals surface area contributed by atoms with Crippen molar-refractivity contribution >= 4 is 21.7 Å². The number of anilines is 1. The molecule has 0 aliphatic heterocycles. The molecule has 7 heteroatoms. The van der Waals surface area contributed by atoms with Crippen LogP contribution in [0, 0.1) is 0 Å². The first-order valence-corrected chi connectivity index (χ1v) is 6.30. The van der Waals surface area contributed by atoms with Crippen molar-refractivity contribution in [3.8, 4) is 11.3 Å². The van der Waals surface area contributed by atoms with E-state index in [-0.39, 0.29) is 12.4 Å². The maximum Gasteiger partial charge on any atom is 0.390 e. The summed E-state index contributed by atoms with van der Waals surface area (Å²) in [6.45, 7) is -0.272. The van der Waals surface area contributed by atoms with Gasteiger partial charge in [-0.05, 0) is 12.1 Å². The number of nitrogens with two attached hydrogens (primary N) is 1. The molecule has 2 N–H and O–H groups in total. The standard InChI is InChI=1S/C12H11BrF3N3/c13-9-3-1-8(2-4-9)10-7-11(17)19(18-10)6-5-12(14,15)16/h1-4,7H,5-6,17H2. The summed E-state index contributed by atoms with van der Waals surface area (Å²) in [6, 6.07) is 8.88. The number of nitrogen functional groups attached to an aromatic ring is 1. The van der Waals surface area contributed by atoms with Crippen molar-refractivity contribution in [2.24, 2.45) is 0 Å². The number of rotatable bonds is 3. The number of aromatic nitrogens is 2. The fourth-order valence-corrected chi connectivity index (χ4v) is 1.87. The number of hydrogen-bond acceptors (Lipinski definition) is 2. The van der Waals surface area contributed by atoms with Crippen LogP contribution in [-0.4, -0.2) is 16.0 Å². The van der Waals surface area contributed by atoms with E-state index in [1.807, 2.05) is 24.3 Å². The Bertz CT molecular complexity index is 561. The summed E-state index contributed by atoms with van der Waals surface area (Å²) < 4.78 is 38.6. The van der Waals surface area contributed by atoms with E-state index in [0.29, 0.717) is 5.69 Å². The highest BCUT2D eigenvalue weighted by molar-refractivity contribution is 9.10. The second-order valence-electron chi connectivity index (χ2n) is 4.05. The molecule has 0 atom stereocenters.